The highest BCUT2D eigenvalue weighted by atomic mass is 127. The molecule has 0 aromatic carbocycles. The SMILES string of the molecule is CNc1nc(-c2cccc(C)n2)nc(C(C)(C)C)c1I. The van der Waals surface area contributed by atoms with Crippen molar-refractivity contribution >= 4 is 28.4 Å². The minimum absolute atomic E-state index is 0.0381. The van der Waals surface area contributed by atoms with E-state index in [0.717, 1.165) is 26.5 Å². The molecule has 0 aliphatic rings. The molecule has 106 valence electrons. The second-order valence-corrected chi connectivity index (χ2v) is 6.80. The number of aryl methyl sites for hydroxylation is 1. The molecule has 0 aliphatic heterocycles. The first kappa shape index (κ1) is 15.2. The fourth-order valence-corrected chi connectivity index (χ4v) is 3.21. The summed E-state index contributed by atoms with van der Waals surface area (Å²) in [5.41, 5.74) is 2.77. The van der Waals surface area contributed by atoms with Gasteiger partial charge >= 0.3 is 0 Å². The predicted molar refractivity (Wildman–Crippen MR) is 91.0 cm³/mol. The summed E-state index contributed by atoms with van der Waals surface area (Å²) in [6.45, 7) is 8.44. The van der Waals surface area contributed by atoms with Gasteiger partial charge in [0.25, 0.3) is 0 Å². The van der Waals surface area contributed by atoms with Gasteiger partial charge in [-0.2, -0.15) is 0 Å². The quantitative estimate of drug-likeness (QED) is 0.803. The summed E-state index contributed by atoms with van der Waals surface area (Å²) >= 11 is 2.30. The number of anilines is 1. The molecule has 0 aliphatic carbocycles. The highest BCUT2D eigenvalue weighted by molar-refractivity contribution is 14.1. The van der Waals surface area contributed by atoms with Crippen molar-refractivity contribution in [2.24, 2.45) is 0 Å². The van der Waals surface area contributed by atoms with Gasteiger partial charge in [0.2, 0.25) is 0 Å². The standard InChI is InChI=1S/C15H19IN4/c1-9-7-6-8-10(18-9)13-19-12(15(2,3)4)11(16)14(17-5)20-13/h6-8H,1-5H3,(H,17,19,20). The molecular formula is C15H19IN4. The third kappa shape index (κ3) is 3.08. The summed E-state index contributed by atoms with van der Waals surface area (Å²) in [4.78, 5) is 13.8. The molecule has 1 N–H and O–H groups in total. The maximum atomic E-state index is 4.74. The van der Waals surface area contributed by atoms with Gasteiger partial charge in [0.15, 0.2) is 5.82 Å². The highest BCUT2D eigenvalue weighted by Crippen LogP contribution is 2.31. The van der Waals surface area contributed by atoms with E-state index in [1.807, 2.05) is 32.2 Å². The number of halogens is 1. The average Bonchev–Trinajstić information content (AvgIpc) is 2.37. The Hall–Kier alpha value is -1.24. The van der Waals surface area contributed by atoms with Crippen molar-refractivity contribution in [1.82, 2.24) is 15.0 Å². The summed E-state index contributed by atoms with van der Waals surface area (Å²) in [5.74, 6) is 1.52. The summed E-state index contributed by atoms with van der Waals surface area (Å²) < 4.78 is 1.06. The minimum atomic E-state index is -0.0381. The molecule has 2 aromatic rings. The lowest BCUT2D eigenvalue weighted by Crippen LogP contribution is -2.18. The molecule has 2 heterocycles. The number of nitrogens with zero attached hydrogens (tertiary/aromatic N) is 3. The molecule has 0 bridgehead atoms. The first-order valence-electron chi connectivity index (χ1n) is 6.52. The van der Waals surface area contributed by atoms with Gasteiger partial charge in [-0.3, -0.25) is 0 Å². The monoisotopic (exact) mass is 382 g/mol. The Kier molecular flexibility index (Phi) is 4.27. The van der Waals surface area contributed by atoms with E-state index in [1.54, 1.807) is 0 Å². The van der Waals surface area contributed by atoms with Crippen LogP contribution < -0.4 is 5.32 Å². The smallest absolute Gasteiger partial charge is 0.180 e. The Morgan fingerprint density at radius 3 is 2.35 bits per heavy atom. The second-order valence-electron chi connectivity index (χ2n) is 5.72. The average molecular weight is 382 g/mol. The molecule has 2 aromatic heterocycles. The molecule has 0 amide bonds. The maximum absolute atomic E-state index is 4.74. The van der Waals surface area contributed by atoms with Crippen LogP contribution in [0.25, 0.3) is 11.5 Å². The van der Waals surface area contributed by atoms with Crippen molar-refractivity contribution in [1.29, 1.82) is 0 Å². The van der Waals surface area contributed by atoms with E-state index in [4.69, 9.17) is 4.98 Å². The fourth-order valence-electron chi connectivity index (χ4n) is 1.89. The Labute approximate surface area is 133 Å². The maximum Gasteiger partial charge on any atom is 0.180 e. The van der Waals surface area contributed by atoms with Gasteiger partial charge in [-0.05, 0) is 41.6 Å². The van der Waals surface area contributed by atoms with Gasteiger partial charge in [0.05, 0.1) is 9.26 Å². The molecule has 0 saturated heterocycles. The van der Waals surface area contributed by atoms with E-state index in [-0.39, 0.29) is 5.41 Å². The molecule has 20 heavy (non-hydrogen) atoms. The van der Waals surface area contributed by atoms with Crippen molar-refractivity contribution in [2.75, 3.05) is 12.4 Å². The van der Waals surface area contributed by atoms with Crippen molar-refractivity contribution in [3.63, 3.8) is 0 Å². The van der Waals surface area contributed by atoms with Crippen molar-refractivity contribution in [3.8, 4) is 11.5 Å². The summed E-state index contributed by atoms with van der Waals surface area (Å²) in [6, 6.07) is 5.90. The largest absolute Gasteiger partial charge is 0.372 e. The number of pyridine rings is 1. The Morgan fingerprint density at radius 2 is 1.80 bits per heavy atom. The number of hydrogen-bond acceptors (Lipinski definition) is 4. The van der Waals surface area contributed by atoms with Crippen LogP contribution in [0.4, 0.5) is 5.82 Å². The molecule has 0 spiro atoms. The zero-order valence-corrected chi connectivity index (χ0v) is 14.6. The van der Waals surface area contributed by atoms with E-state index in [9.17, 15) is 0 Å². The predicted octanol–water partition coefficient (Wildman–Crippen LogP) is 3.79. The van der Waals surface area contributed by atoms with Crippen LogP contribution in [0.3, 0.4) is 0 Å². The van der Waals surface area contributed by atoms with Crippen LogP contribution in [-0.2, 0) is 5.41 Å². The van der Waals surface area contributed by atoms with E-state index in [1.165, 1.54) is 0 Å². The number of hydrogen-bond donors (Lipinski definition) is 1. The molecular weight excluding hydrogens is 363 g/mol. The zero-order chi connectivity index (χ0) is 14.9. The van der Waals surface area contributed by atoms with Crippen LogP contribution in [0.2, 0.25) is 0 Å². The zero-order valence-electron chi connectivity index (χ0n) is 12.5. The van der Waals surface area contributed by atoms with Crippen LogP contribution in [0.1, 0.15) is 32.2 Å². The van der Waals surface area contributed by atoms with Gasteiger partial charge in [-0.15, -0.1) is 0 Å². The van der Waals surface area contributed by atoms with Crippen molar-refractivity contribution in [3.05, 3.63) is 33.2 Å². The van der Waals surface area contributed by atoms with Gasteiger partial charge in [0, 0.05) is 18.2 Å². The van der Waals surface area contributed by atoms with Crippen LogP contribution in [-0.4, -0.2) is 22.0 Å². The Balaban J connectivity index is 2.66. The summed E-state index contributed by atoms with van der Waals surface area (Å²) in [5, 5.41) is 3.15. The second kappa shape index (κ2) is 5.63. The Bertz CT molecular complexity index is 632. The number of nitrogens with one attached hydrogen (secondary N) is 1. The van der Waals surface area contributed by atoms with Crippen molar-refractivity contribution in [2.45, 2.75) is 33.1 Å². The number of aromatic nitrogens is 3. The van der Waals surface area contributed by atoms with Gasteiger partial charge in [-0.1, -0.05) is 26.8 Å². The minimum Gasteiger partial charge on any atom is -0.372 e. The lowest BCUT2D eigenvalue weighted by molar-refractivity contribution is 0.564. The van der Waals surface area contributed by atoms with Crippen LogP contribution in [0.5, 0.6) is 0 Å². The molecule has 5 heteroatoms. The third-order valence-corrected chi connectivity index (χ3v) is 3.94. The van der Waals surface area contributed by atoms with Crippen LogP contribution in [0.15, 0.2) is 18.2 Å². The number of rotatable bonds is 2. The molecule has 0 radical (unpaired) electrons. The van der Waals surface area contributed by atoms with Gasteiger partial charge in [-0.25, -0.2) is 15.0 Å². The topological polar surface area (TPSA) is 50.7 Å². The summed E-state index contributed by atoms with van der Waals surface area (Å²) in [6.07, 6.45) is 0. The molecule has 0 saturated carbocycles. The van der Waals surface area contributed by atoms with E-state index < -0.39 is 0 Å². The molecule has 0 fully saturated rings. The van der Waals surface area contributed by atoms with Crippen LogP contribution in [0, 0.1) is 10.5 Å². The molecule has 0 atom stereocenters. The third-order valence-electron chi connectivity index (χ3n) is 2.92. The lowest BCUT2D eigenvalue weighted by Gasteiger charge is -2.21. The molecule has 4 nitrogen and oxygen atoms in total. The van der Waals surface area contributed by atoms with E-state index in [0.29, 0.717) is 5.82 Å². The highest BCUT2D eigenvalue weighted by Gasteiger charge is 2.23. The first-order valence-corrected chi connectivity index (χ1v) is 7.60. The molecule has 2 rings (SSSR count). The van der Waals surface area contributed by atoms with Gasteiger partial charge in [0.1, 0.15) is 11.5 Å². The van der Waals surface area contributed by atoms with E-state index >= 15 is 0 Å². The fraction of sp³-hybridized carbons (Fsp3) is 0.400. The summed E-state index contributed by atoms with van der Waals surface area (Å²) in [7, 11) is 1.88. The van der Waals surface area contributed by atoms with Crippen LogP contribution >= 0.6 is 22.6 Å². The normalized spacial score (nSPS) is 11.5. The molecule has 0 unspecified atom stereocenters. The lowest BCUT2D eigenvalue weighted by atomic mass is 9.92. The van der Waals surface area contributed by atoms with E-state index in [2.05, 4.69) is 58.6 Å². The Morgan fingerprint density at radius 1 is 1.10 bits per heavy atom. The van der Waals surface area contributed by atoms with Crippen molar-refractivity contribution < 1.29 is 0 Å². The van der Waals surface area contributed by atoms with Gasteiger partial charge < -0.3 is 5.32 Å². The first-order chi connectivity index (χ1) is 9.32.